The maximum Gasteiger partial charge on any atom is 0.408 e. The molecule has 3 rings (SSSR count). The van der Waals surface area contributed by atoms with Gasteiger partial charge in [0.1, 0.15) is 24.0 Å². The summed E-state index contributed by atoms with van der Waals surface area (Å²) in [5, 5.41) is 3.45. The predicted octanol–water partition coefficient (Wildman–Crippen LogP) is 8.16. The zero-order chi connectivity index (χ0) is 29.6. The van der Waals surface area contributed by atoms with Crippen molar-refractivity contribution in [3.63, 3.8) is 0 Å². The van der Waals surface area contributed by atoms with Crippen molar-refractivity contribution in [2.24, 2.45) is 0 Å². The number of halogens is 3. The molecule has 0 bridgehead atoms. The summed E-state index contributed by atoms with van der Waals surface area (Å²) in [6.45, 7) is 10.0. The lowest BCUT2D eigenvalue weighted by Crippen LogP contribution is -2.49. The van der Waals surface area contributed by atoms with Crippen LogP contribution in [-0.4, -0.2) is 35.6 Å². The molecule has 0 heterocycles. The Balaban J connectivity index is 1.76. The van der Waals surface area contributed by atoms with E-state index in [-0.39, 0.29) is 5.91 Å². The molecule has 0 aliphatic carbocycles. The second kappa shape index (κ2) is 13.9. The smallest absolute Gasteiger partial charge is 0.408 e. The van der Waals surface area contributed by atoms with Crippen LogP contribution in [-0.2, 0) is 29.1 Å². The molecule has 0 aliphatic rings. The standard InChI is InChI=1S/C31H35Br2ClN2O4/c1-19-11-22(12-20(2)28(19)39-18-23-9-7-8-10-26(23)34)17-36(6)29(37)27(35-30(38)40-31(3,4)5)15-21-13-24(32)16-25(33)14-21/h7-14,16,27H,15,17-18H2,1-6H3,(H,35,38). The first-order valence-corrected chi connectivity index (χ1v) is 14.8. The van der Waals surface area contributed by atoms with Crippen molar-refractivity contribution in [1.29, 1.82) is 0 Å². The van der Waals surface area contributed by atoms with Gasteiger partial charge in [-0.3, -0.25) is 4.79 Å². The van der Waals surface area contributed by atoms with Crippen molar-refractivity contribution in [2.75, 3.05) is 7.05 Å². The quantitative estimate of drug-likeness (QED) is 0.246. The molecule has 6 nitrogen and oxygen atoms in total. The average Bonchev–Trinajstić information content (AvgIpc) is 2.82. The second-order valence-corrected chi connectivity index (χ2v) is 13.1. The third-order valence-electron chi connectivity index (χ3n) is 6.00. The number of nitrogens with one attached hydrogen (secondary N) is 1. The van der Waals surface area contributed by atoms with Crippen LogP contribution in [0.4, 0.5) is 4.79 Å². The maximum absolute atomic E-state index is 13.6. The number of hydrogen-bond acceptors (Lipinski definition) is 4. The molecule has 1 atom stereocenters. The van der Waals surface area contributed by atoms with Crippen LogP contribution in [0, 0.1) is 13.8 Å². The highest BCUT2D eigenvalue weighted by molar-refractivity contribution is 9.11. The third-order valence-corrected chi connectivity index (χ3v) is 7.28. The summed E-state index contributed by atoms with van der Waals surface area (Å²) in [7, 11) is 1.73. The Kier molecular flexibility index (Phi) is 11.1. The third kappa shape index (κ3) is 9.53. The Morgan fingerprint density at radius 3 is 2.15 bits per heavy atom. The highest BCUT2D eigenvalue weighted by atomic mass is 79.9. The monoisotopic (exact) mass is 692 g/mol. The number of nitrogens with zero attached hydrogens (tertiary/aromatic N) is 1. The van der Waals surface area contributed by atoms with E-state index < -0.39 is 17.7 Å². The Morgan fingerprint density at radius 2 is 1.57 bits per heavy atom. The van der Waals surface area contributed by atoms with Gasteiger partial charge >= 0.3 is 6.09 Å². The van der Waals surface area contributed by atoms with E-state index in [0.29, 0.717) is 24.6 Å². The zero-order valence-corrected chi connectivity index (χ0v) is 27.5. The van der Waals surface area contributed by atoms with Crippen LogP contribution in [0.3, 0.4) is 0 Å². The van der Waals surface area contributed by atoms with Crippen molar-refractivity contribution in [3.05, 3.63) is 96.4 Å². The highest BCUT2D eigenvalue weighted by Crippen LogP contribution is 2.28. The molecule has 0 saturated heterocycles. The first-order valence-electron chi connectivity index (χ1n) is 12.9. The number of likely N-dealkylation sites (N-methyl/N-ethyl adjacent to an activating group) is 1. The number of alkyl carbamates (subject to hydrolysis) is 1. The van der Waals surface area contributed by atoms with E-state index in [0.717, 1.165) is 42.5 Å². The van der Waals surface area contributed by atoms with Crippen molar-refractivity contribution >= 4 is 55.5 Å². The van der Waals surface area contributed by atoms with Gasteiger partial charge in [0.2, 0.25) is 5.91 Å². The number of amides is 2. The summed E-state index contributed by atoms with van der Waals surface area (Å²) in [6, 6.07) is 16.6. The first kappa shape index (κ1) is 32.0. The highest BCUT2D eigenvalue weighted by Gasteiger charge is 2.27. The molecule has 1 N–H and O–H groups in total. The van der Waals surface area contributed by atoms with E-state index in [4.69, 9.17) is 21.1 Å². The average molecular weight is 695 g/mol. The van der Waals surface area contributed by atoms with Gasteiger partial charge in [-0.15, -0.1) is 0 Å². The predicted molar refractivity (Wildman–Crippen MR) is 167 cm³/mol. The van der Waals surface area contributed by atoms with Crippen LogP contribution in [0.1, 0.15) is 48.6 Å². The van der Waals surface area contributed by atoms with Crippen LogP contribution < -0.4 is 10.1 Å². The van der Waals surface area contributed by atoms with Gasteiger partial charge in [-0.05, 0) is 81.1 Å². The Morgan fingerprint density at radius 1 is 0.975 bits per heavy atom. The van der Waals surface area contributed by atoms with Gasteiger partial charge in [0.05, 0.1) is 0 Å². The normalized spacial score (nSPS) is 12.0. The lowest BCUT2D eigenvalue weighted by atomic mass is 10.0. The summed E-state index contributed by atoms with van der Waals surface area (Å²) in [6.07, 6.45) is -0.340. The van der Waals surface area contributed by atoms with Gasteiger partial charge in [0.25, 0.3) is 0 Å². The van der Waals surface area contributed by atoms with E-state index in [1.165, 1.54) is 0 Å². The van der Waals surface area contributed by atoms with Crippen LogP contribution in [0.15, 0.2) is 63.5 Å². The van der Waals surface area contributed by atoms with Gasteiger partial charge in [-0.1, -0.05) is 73.8 Å². The van der Waals surface area contributed by atoms with E-state index in [2.05, 4.69) is 37.2 Å². The minimum atomic E-state index is -0.818. The Labute approximate surface area is 258 Å². The molecular formula is C31H35Br2ClN2O4. The number of hydrogen-bond donors (Lipinski definition) is 1. The van der Waals surface area contributed by atoms with E-state index in [1.807, 2.05) is 68.4 Å². The lowest BCUT2D eigenvalue weighted by molar-refractivity contribution is -0.132. The topological polar surface area (TPSA) is 67.9 Å². The van der Waals surface area contributed by atoms with Crippen molar-refractivity contribution in [2.45, 2.75) is 65.8 Å². The van der Waals surface area contributed by atoms with Gasteiger partial charge in [0.15, 0.2) is 0 Å². The number of ether oxygens (including phenoxy) is 2. The lowest BCUT2D eigenvalue weighted by Gasteiger charge is -2.27. The summed E-state index contributed by atoms with van der Waals surface area (Å²) < 4.78 is 13.3. The SMILES string of the molecule is Cc1cc(CN(C)C(=O)C(Cc2cc(Br)cc(Br)c2)NC(=O)OC(C)(C)C)cc(C)c1OCc1ccccc1Cl. The van der Waals surface area contributed by atoms with Gasteiger partial charge in [-0.25, -0.2) is 4.79 Å². The number of benzene rings is 3. The fourth-order valence-electron chi connectivity index (χ4n) is 4.36. The molecule has 1 unspecified atom stereocenters. The summed E-state index contributed by atoms with van der Waals surface area (Å²) in [5.74, 6) is 0.568. The van der Waals surface area contributed by atoms with Crippen LogP contribution in [0.2, 0.25) is 5.02 Å². The number of carbonyl (C=O) groups is 2. The number of aryl methyl sites for hydroxylation is 2. The Bertz CT molecular complexity index is 1330. The fraction of sp³-hybridized carbons (Fsp3) is 0.355. The van der Waals surface area contributed by atoms with E-state index in [1.54, 1.807) is 32.7 Å². The van der Waals surface area contributed by atoms with Crippen molar-refractivity contribution in [1.82, 2.24) is 10.2 Å². The molecule has 0 saturated carbocycles. The van der Waals surface area contributed by atoms with Crippen LogP contribution in [0.25, 0.3) is 0 Å². The molecule has 9 heteroatoms. The molecule has 0 aliphatic heterocycles. The van der Waals surface area contributed by atoms with Gasteiger partial charge in [0, 0.05) is 39.5 Å². The summed E-state index contributed by atoms with van der Waals surface area (Å²) in [5.41, 5.74) is 3.99. The minimum absolute atomic E-state index is 0.226. The molecule has 214 valence electrons. The largest absolute Gasteiger partial charge is 0.488 e. The second-order valence-electron chi connectivity index (χ2n) is 10.8. The minimum Gasteiger partial charge on any atom is -0.488 e. The summed E-state index contributed by atoms with van der Waals surface area (Å²) in [4.78, 5) is 27.9. The molecule has 0 aromatic heterocycles. The number of rotatable bonds is 9. The molecular weight excluding hydrogens is 660 g/mol. The van der Waals surface area contributed by atoms with Gasteiger partial charge < -0.3 is 19.7 Å². The van der Waals surface area contributed by atoms with Crippen LogP contribution in [0.5, 0.6) is 5.75 Å². The van der Waals surface area contributed by atoms with Gasteiger partial charge in [-0.2, -0.15) is 0 Å². The molecule has 0 spiro atoms. The summed E-state index contributed by atoms with van der Waals surface area (Å²) >= 11 is 13.3. The fourth-order valence-corrected chi connectivity index (χ4v) is 5.94. The maximum atomic E-state index is 13.6. The first-order chi connectivity index (χ1) is 18.7. The molecule has 40 heavy (non-hydrogen) atoms. The van der Waals surface area contributed by atoms with Crippen molar-refractivity contribution < 1.29 is 19.1 Å². The number of carbonyl (C=O) groups excluding carboxylic acids is 2. The molecule has 3 aromatic rings. The Hall–Kier alpha value is -2.55. The molecule has 3 aromatic carbocycles. The van der Waals surface area contributed by atoms with E-state index >= 15 is 0 Å². The zero-order valence-electron chi connectivity index (χ0n) is 23.6. The molecule has 0 radical (unpaired) electrons. The van der Waals surface area contributed by atoms with E-state index in [9.17, 15) is 9.59 Å². The van der Waals surface area contributed by atoms with Crippen molar-refractivity contribution in [3.8, 4) is 5.75 Å². The molecule has 0 fully saturated rings. The molecule has 2 amide bonds. The van der Waals surface area contributed by atoms with Crippen LogP contribution >= 0.6 is 43.5 Å².